The standard InChI is InChI=1S/C15H20BrN3/c1-3-10-17-14(12-8-6-5-7-9-12)15-13(16)11-18-19(15)4-2/h5-9,11,14,17H,3-4,10H2,1-2H3. The lowest BCUT2D eigenvalue weighted by molar-refractivity contribution is 0.528. The minimum Gasteiger partial charge on any atom is -0.305 e. The molecule has 2 rings (SSSR count). The van der Waals surface area contributed by atoms with Crippen LogP contribution < -0.4 is 5.32 Å². The van der Waals surface area contributed by atoms with Crippen molar-refractivity contribution in [3.8, 4) is 0 Å². The van der Waals surface area contributed by atoms with Crippen LogP contribution in [-0.4, -0.2) is 16.3 Å². The topological polar surface area (TPSA) is 29.9 Å². The Labute approximate surface area is 123 Å². The van der Waals surface area contributed by atoms with Gasteiger partial charge in [-0.15, -0.1) is 0 Å². The summed E-state index contributed by atoms with van der Waals surface area (Å²) < 4.78 is 3.11. The summed E-state index contributed by atoms with van der Waals surface area (Å²) >= 11 is 3.62. The summed E-state index contributed by atoms with van der Waals surface area (Å²) in [5, 5.41) is 8.03. The van der Waals surface area contributed by atoms with Gasteiger partial charge in [0.05, 0.1) is 22.4 Å². The van der Waals surface area contributed by atoms with E-state index in [1.54, 1.807) is 0 Å². The van der Waals surface area contributed by atoms with Crippen molar-refractivity contribution in [1.82, 2.24) is 15.1 Å². The Balaban J connectivity index is 2.40. The zero-order valence-electron chi connectivity index (χ0n) is 11.4. The molecule has 0 bridgehead atoms. The highest BCUT2D eigenvalue weighted by atomic mass is 79.9. The van der Waals surface area contributed by atoms with Crippen LogP contribution in [0.5, 0.6) is 0 Å². The van der Waals surface area contributed by atoms with Crippen LogP contribution in [-0.2, 0) is 6.54 Å². The van der Waals surface area contributed by atoms with Gasteiger partial charge in [-0.3, -0.25) is 4.68 Å². The molecule has 0 radical (unpaired) electrons. The average molecular weight is 322 g/mol. The Morgan fingerprint density at radius 2 is 2.00 bits per heavy atom. The predicted octanol–water partition coefficient (Wildman–Crippen LogP) is 3.75. The largest absolute Gasteiger partial charge is 0.305 e. The summed E-state index contributed by atoms with van der Waals surface area (Å²) in [5.41, 5.74) is 2.47. The van der Waals surface area contributed by atoms with Crippen LogP contribution in [0.2, 0.25) is 0 Å². The molecule has 0 aliphatic heterocycles. The van der Waals surface area contributed by atoms with Crippen LogP contribution in [0.25, 0.3) is 0 Å². The number of benzene rings is 1. The third-order valence-corrected chi connectivity index (χ3v) is 3.75. The highest BCUT2D eigenvalue weighted by Crippen LogP contribution is 2.28. The van der Waals surface area contributed by atoms with E-state index in [4.69, 9.17) is 0 Å². The van der Waals surface area contributed by atoms with E-state index in [0.717, 1.165) is 24.0 Å². The monoisotopic (exact) mass is 321 g/mol. The first kappa shape index (κ1) is 14.3. The molecule has 0 amide bonds. The lowest BCUT2D eigenvalue weighted by atomic mass is 10.0. The Hall–Kier alpha value is -1.13. The minimum atomic E-state index is 0.179. The molecule has 3 nitrogen and oxygen atoms in total. The molecule has 0 saturated carbocycles. The maximum absolute atomic E-state index is 4.42. The Bertz CT molecular complexity index is 507. The molecule has 4 heteroatoms. The Morgan fingerprint density at radius 1 is 1.26 bits per heavy atom. The molecule has 1 heterocycles. The van der Waals surface area contributed by atoms with E-state index in [2.05, 4.69) is 64.5 Å². The van der Waals surface area contributed by atoms with Crippen LogP contribution in [0, 0.1) is 0 Å². The van der Waals surface area contributed by atoms with E-state index in [9.17, 15) is 0 Å². The second-order valence-electron chi connectivity index (χ2n) is 4.49. The van der Waals surface area contributed by atoms with Crippen LogP contribution in [0.4, 0.5) is 0 Å². The van der Waals surface area contributed by atoms with Crippen molar-refractivity contribution in [1.29, 1.82) is 0 Å². The second kappa shape index (κ2) is 6.87. The molecule has 0 aliphatic carbocycles. The first-order valence-corrected chi connectivity index (χ1v) is 7.56. The van der Waals surface area contributed by atoms with Gasteiger partial charge in [-0.25, -0.2) is 0 Å². The number of halogens is 1. The molecule has 0 aliphatic rings. The van der Waals surface area contributed by atoms with Crippen molar-refractivity contribution in [3.63, 3.8) is 0 Å². The van der Waals surface area contributed by atoms with E-state index in [1.807, 2.05) is 16.9 Å². The van der Waals surface area contributed by atoms with E-state index < -0.39 is 0 Å². The zero-order chi connectivity index (χ0) is 13.7. The molecule has 1 aromatic carbocycles. The number of rotatable bonds is 6. The van der Waals surface area contributed by atoms with Crippen molar-refractivity contribution in [2.45, 2.75) is 32.9 Å². The molecule has 1 atom stereocenters. The van der Waals surface area contributed by atoms with Gasteiger partial charge < -0.3 is 5.32 Å². The van der Waals surface area contributed by atoms with E-state index in [-0.39, 0.29) is 6.04 Å². The van der Waals surface area contributed by atoms with Crippen molar-refractivity contribution >= 4 is 15.9 Å². The average Bonchev–Trinajstić information content (AvgIpc) is 2.82. The lowest BCUT2D eigenvalue weighted by Crippen LogP contribution is -2.26. The Kier molecular flexibility index (Phi) is 5.16. The zero-order valence-corrected chi connectivity index (χ0v) is 13.0. The molecule has 19 heavy (non-hydrogen) atoms. The van der Waals surface area contributed by atoms with Crippen LogP contribution in [0.1, 0.15) is 37.6 Å². The lowest BCUT2D eigenvalue weighted by Gasteiger charge is -2.21. The fourth-order valence-electron chi connectivity index (χ4n) is 2.22. The first-order chi connectivity index (χ1) is 9.27. The SMILES string of the molecule is CCCNC(c1ccccc1)c1c(Br)cnn1CC. The molecular weight excluding hydrogens is 302 g/mol. The van der Waals surface area contributed by atoms with E-state index >= 15 is 0 Å². The van der Waals surface area contributed by atoms with Crippen LogP contribution in [0.15, 0.2) is 41.0 Å². The number of aromatic nitrogens is 2. The van der Waals surface area contributed by atoms with Crippen LogP contribution in [0.3, 0.4) is 0 Å². The van der Waals surface area contributed by atoms with Gasteiger partial charge in [-0.2, -0.15) is 5.10 Å². The second-order valence-corrected chi connectivity index (χ2v) is 5.35. The van der Waals surface area contributed by atoms with Gasteiger partial charge in [0.15, 0.2) is 0 Å². The molecular formula is C15H20BrN3. The minimum absolute atomic E-state index is 0.179. The number of nitrogens with zero attached hydrogens (tertiary/aromatic N) is 2. The summed E-state index contributed by atoms with van der Waals surface area (Å²) in [5.74, 6) is 0. The molecule has 1 aromatic heterocycles. The number of hydrogen-bond donors (Lipinski definition) is 1. The van der Waals surface area contributed by atoms with Crippen molar-refractivity contribution < 1.29 is 0 Å². The van der Waals surface area contributed by atoms with Gasteiger partial charge in [-0.05, 0) is 41.4 Å². The van der Waals surface area contributed by atoms with Gasteiger partial charge in [0.1, 0.15) is 0 Å². The summed E-state index contributed by atoms with van der Waals surface area (Å²) in [6.07, 6.45) is 2.99. The van der Waals surface area contributed by atoms with Crippen molar-refractivity contribution in [2.24, 2.45) is 0 Å². The van der Waals surface area contributed by atoms with Crippen molar-refractivity contribution in [2.75, 3.05) is 6.54 Å². The number of hydrogen-bond acceptors (Lipinski definition) is 2. The fraction of sp³-hybridized carbons (Fsp3) is 0.400. The third-order valence-electron chi connectivity index (χ3n) is 3.14. The number of nitrogens with one attached hydrogen (secondary N) is 1. The molecule has 2 aromatic rings. The summed E-state index contributed by atoms with van der Waals surface area (Å²) in [6, 6.07) is 10.7. The molecule has 0 spiro atoms. The molecule has 1 N–H and O–H groups in total. The van der Waals surface area contributed by atoms with Gasteiger partial charge in [-0.1, -0.05) is 37.3 Å². The maximum atomic E-state index is 4.42. The highest BCUT2D eigenvalue weighted by molar-refractivity contribution is 9.10. The van der Waals surface area contributed by atoms with Gasteiger partial charge >= 0.3 is 0 Å². The molecule has 0 fully saturated rings. The summed E-state index contributed by atoms with van der Waals surface area (Å²) in [4.78, 5) is 0. The van der Waals surface area contributed by atoms with E-state index in [0.29, 0.717) is 0 Å². The van der Waals surface area contributed by atoms with E-state index in [1.165, 1.54) is 11.3 Å². The smallest absolute Gasteiger partial charge is 0.0759 e. The number of aryl methyl sites for hydroxylation is 1. The molecule has 0 saturated heterocycles. The first-order valence-electron chi connectivity index (χ1n) is 6.77. The summed E-state index contributed by atoms with van der Waals surface area (Å²) in [7, 11) is 0. The van der Waals surface area contributed by atoms with Gasteiger partial charge in [0.2, 0.25) is 0 Å². The Morgan fingerprint density at radius 3 is 2.63 bits per heavy atom. The summed E-state index contributed by atoms with van der Waals surface area (Å²) in [6.45, 7) is 6.16. The predicted molar refractivity (Wildman–Crippen MR) is 82.2 cm³/mol. The molecule has 102 valence electrons. The van der Waals surface area contributed by atoms with Crippen LogP contribution >= 0.6 is 15.9 Å². The third kappa shape index (κ3) is 3.25. The highest BCUT2D eigenvalue weighted by Gasteiger charge is 2.20. The van der Waals surface area contributed by atoms with Gasteiger partial charge in [0.25, 0.3) is 0 Å². The normalized spacial score (nSPS) is 12.6. The maximum Gasteiger partial charge on any atom is 0.0759 e. The molecule has 1 unspecified atom stereocenters. The quantitative estimate of drug-likeness (QED) is 0.878. The van der Waals surface area contributed by atoms with Gasteiger partial charge in [0, 0.05) is 6.54 Å². The van der Waals surface area contributed by atoms with Crippen molar-refractivity contribution in [3.05, 3.63) is 52.3 Å². The fourth-order valence-corrected chi connectivity index (χ4v) is 2.74.